The van der Waals surface area contributed by atoms with Crippen molar-refractivity contribution >= 4 is 12.0 Å². The van der Waals surface area contributed by atoms with Gasteiger partial charge in [0.1, 0.15) is 11.8 Å². The third-order valence-electron chi connectivity index (χ3n) is 3.37. The van der Waals surface area contributed by atoms with Crippen LogP contribution in [0.15, 0.2) is 22.8 Å². The molecular weight excluding hydrogens is 260 g/mol. The number of urea groups is 1. The summed E-state index contributed by atoms with van der Waals surface area (Å²) in [7, 11) is 0. The van der Waals surface area contributed by atoms with Gasteiger partial charge >= 0.3 is 12.0 Å². The maximum absolute atomic E-state index is 12.3. The smallest absolute Gasteiger partial charge is 0.326 e. The molecule has 0 saturated heterocycles. The lowest BCUT2D eigenvalue weighted by molar-refractivity contribution is -0.140. The van der Waals surface area contributed by atoms with E-state index < -0.39 is 12.0 Å². The first-order valence-electron chi connectivity index (χ1n) is 6.81. The number of nitrogens with zero attached hydrogens (tertiary/aromatic N) is 1. The number of carboxylic acid groups (broad SMARTS) is 1. The average molecular weight is 280 g/mol. The molecule has 1 atom stereocenters. The zero-order valence-electron chi connectivity index (χ0n) is 11.7. The lowest BCUT2D eigenvalue weighted by Crippen LogP contribution is -2.50. The Kier molecular flexibility index (Phi) is 4.32. The van der Waals surface area contributed by atoms with Gasteiger partial charge in [-0.05, 0) is 30.9 Å². The van der Waals surface area contributed by atoms with E-state index in [4.69, 9.17) is 9.52 Å². The maximum Gasteiger partial charge on any atom is 0.326 e. The number of rotatable bonds is 6. The van der Waals surface area contributed by atoms with E-state index in [1.54, 1.807) is 37.1 Å². The standard InChI is InChI=1S/C14H20N2O4/c1-9(2)12(13(17)18)15-14(19)16(10-5-6-10)8-11-4-3-7-20-11/h3-4,7,9-10,12H,5-6,8H2,1-2H3,(H,15,19)(H,17,18). The molecule has 2 rings (SSSR count). The van der Waals surface area contributed by atoms with Crippen LogP contribution < -0.4 is 5.32 Å². The van der Waals surface area contributed by atoms with Crippen molar-refractivity contribution in [1.82, 2.24) is 10.2 Å². The van der Waals surface area contributed by atoms with E-state index in [0.29, 0.717) is 12.3 Å². The van der Waals surface area contributed by atoms with Crippen LogP contribution in [-0.4, -0.2) is 34.1 Å². The van der Waals surface area contributed by atoms with Crippen molar-refractivity contribution in [3.8, 4) is 0 Å². The quantitative estimate of drug-likeness (QED) is 0.835. The van der Waals surface area contributed by atoms with Crippen LogP contribution in [0.25, 0.3) is 0 Å². The predicted octanol–water partition coefficient (Wildman–Crippen LogP) is 2.06. The number of nitrogens with one attached hydrogen (secondary N) is 1. The van der Waals surface area contributed by atoms with Gasteiger partial charge in [-0.3, -0.25) is 0 Å². The van der Waals surface area contributed by atoms with Crippen LogP contribution in [0.4, 0.5) is 4.79 Å². The Balaban J connectivity index is 2.01. The van der Waals surface area contributed by atoms with Crippen molar-refractivity contribution in [1.29, 1.82) is 0 Å². The minimum absolute atomic E-state index is 0.166. The Hall–Kier alpha value is -1.98. The molecule has 0 aromatic carbocycles. The van der Waals surface area contributed by atoms with Crippen molar-refractivity contribution in [2.75, 3.05) is 0 Å². The van der Waals surface area contributed by atoms with E-state index in [2.05, 4.69) is 5.32 Å². The van der Waals surface area contributed by atoms with Gasteiger partial charge in [0.2, 0.25) is 0 Å². The summed E-state index contributed by atoms with van der Waals surface area (Å²) in [6.07, 6.45) is 3.47. The normalized spacial score (nSPS) is 15.9. The van der Waals surface area contributed by atoms with Crippen LogP contribution in [0.1, 0.15) is 32.4 Å². The molecule has 110 valence electrons. The molecule has 1 heterocycles. The molecule has 6 heteroatoms. The maximum atomic E-state index is 12.3. The number of carbonyl (C=O) groups excluding carboxylic acids is 1. The van der Waals surface area contributed by atoms with E-state index in [0.717, 1.165) is 12.8 Å². The summed E-state index contributed by atoms with van der Waals surface area (Å²) in [5.74, 6) is -0.480. The zero-order chi connectivity index (χ0) is 14.7. The largest absolute Gasteiger partial charge is 0.480 e. The molecule has 2 N–H and O–H groups in total. The lowest BCUT2D eigenvalue weighted by Gasteiger charge is -2.25. The highest BCUT2D eigenvalue weighted by atomic mass is 16.4. The van der Waals surface area contributed by atoms with E-state index in [1.807, 2.05) is 0 Å². The number of furan rings is 1. The Bertz CT molecular complexity index is 466. The van der Waals surface area contributed by atoms with Gasteiger partial charge in [0.25, 0.3) is 0 Å². The summed E-state index contributed by atoms with van der Waals surface area (Å²) in [5, 5.41) is 11.7. The number of carbonyl (C=O) groups is 2. The number of hydrogen-bond acceptors (Lipinski definition) is 3. The monoisotopic (exact) mass is 280 g/mol. The Morgan fingerprint density at radius 3 is 2.65 bits per heavy atom. The molecule has 1 saturated carbocycles. The molecule has 1 fully saturated rings. The number of aliphatic carboxylic acids is 1. The molecule has 20 heavy (non-hydrogen) atoms. The van der Waals surface area contributed by atoms with Crippen molar-refractivity contribution in [3.63, 3.8) is 0 Å². The van der Waals surface area contributed by atoms with Crippen molar-refractivity contribution in [2.24, 2.45) is 5.92 Å². The lowest BCUT2D eigenvalue weighted by atomic mass is 10.1. The molecule has 1 aliphatic rings. The molecule has 2 amide bonds. The zero-order valence-corrected chi connectivity index (χ0v) is 11.7. The predicted molar refractivity (Wildman–Crippen MR) is 72.1 cm³/mol. The summed E-state index contributed by atoms with van der Waals surface area (Å²) in [4.78, 5) is 25.1. The molecule has 0 radical (unpaired) electrons. The summed E-state index contributed by atoms with van der Waals surface area (Å²) in [5.41, 5.74) is 0. The summed E-state index contributed by atoms with van der Waals surface area (Å²) >= 11 is 0. The first-order valence-corrected chi connectivity index (χ1v) is 6.81. The summed E-state index contributed by atoms with van der Waals surface area (Å²) in [6.45, 7) is 3.91. The molecule has 0 bridgehead atoms. The molecule has 1 aromatic rings. The van der Waals surface area contributed by atoms with Crippen LogP contribution in [0.3, 0.4) is 0 Å². The van der Waals surface area contributed by atoms with E-state index >= 15 is 0 Å². The molecule has 6 nitrogen and oxygen atoms in total. The SMILES string of the molecule is CC(C)C(NC(=O)N(Cc1ccco1)C1CC1)C(=O)O. The average Bonchev–Trinajstić information content (AvgIpc) is 3.09. The Morgan fingerprint density at radius 1 is 1.50 bits per heavy atom. The fourth-order valence-electron chi connectivity index (χ4n) is 2.05. The van der Waals surface area contributed by atoms with E-state index in [-0.39, 0.29) is 18.0 Å². The van der Waals surface area contributed by atoms with Crippen LogP contribution in [0.5, 0.6) is 0 Å². The van der Waals surface area contributed by atoms with Crippen LogP contribution in [0, 0.1) is 5.92 Å². The highest BCUT2D eigenvalue weighted by molar-refractivity contribution is 5.83. The minimum Gasteiger partial charge on any atom is -0.480 e. The van der Waals surface area contributed by atoms with Crippen molar-refractivity contribution < 1.29 is 19.1 Å². The molecule has 1 unspecified atom stereocenters. The number of amides is 2. The summed E-state index contributed by atoms with van der Waals surface area (Å²) < 4.78 is 5.25. The highest BCUT2D eigenvalue weighted by Crippen LogP contribution is 2.28. The Labute approximate surface area is 117 Å². The molecule has 1 aliphatic carbocycles. The first kappa shape index (κ1) is 14.4. The third-order valence-corrected chi connectivity index (χ3v) is 3.37. The van der Waals surface area contributed by atoms with Gasteiger partial charge in [-0.1, -0.05) is 13.8 Å². The van der Waals surface area contributed by atoms with Crippen molar-refractivity contribution in [3.05, 3.63) is 24.2 Å². The van der Waals surface area contributed by atoms with Crippen LogP contribution in [-0.2, 0) is 11.3 Å². The fraction of sp³-hybridized carbons (Fsp3) is 0.571. The topological polar surface area (TPSA) is 82.8 Å². The van der Waals surface area contributed by atoms with Gasteiger partial charge in [-0.15, -0.1) is 0 Å². The van der Waals surface area contributed by atoms with Gasteiger partial charge < -0.3 is 19.7 Å². The van der Waals surface area contributed by atoms with Gasteiger partial charge in [0.15, 0.2) is 0 Å². The molecule has 1 aromatic heterocycles. The van der Waals surface area contributed by atoms with E-state index in [9.17, 15) is 9.59 Å². The number of hydrogen-bond donors (Lipinski definition) is 2. The summed E-state index contributed by atoms with van der Waals surface area (Å²) in [6, 6.07) is 2.54. The fourth-order valence-corrected chi connectivity index (χ4v) is 2.05. The van der Waals surface area contributed by atoms with E-state index in [1.165, 1.54) is 0 Å². The second kappa shape index (κ2) is 5.98. The third kappa shape index (κ3) is 3.53. The molecule has 0 spiro atoms. The van der Waals surface area contributed by atoms with Crippen molar-refractivity contribution in [2.45, 2.75) is 45.3 Å². The molecule has 0 aliphatic heterocycles. The van der Waals surface area contributed by atoms with Crippen LogP contribution in [0.2, 0.25) is 0 Å². The Morgan fingerprint density at radius 2 is 2.20 bits per heavy atom. The van der Waals surface area contributed by atoms with Gasteiger partial charge in [0, 0.05) is 6.04 Å². The minimum atomic E-state index is -1.01. The highest BCUT2D eigenvalue weighted by Gasteiger charge is 2.35. The van der Waals surface area contributed by atoms with Gasteiger partial charge in [-0.25, -0.2) is 9.59 Å². The van der Waals surface area contributed by atoms with Gasteiger partial charge in [0.05, 0.1) is 12.8 Å². The second-order valence-electron chi connectivity index (χ2n) is 5.45. The number of carboxylic acids is 1. The van der Waals surface area contributed by atoms with Crippen LogP contribution >= 0.6 is 0 Å². The van der Waals surface area contributed by atoms with Gasteiger partial charge in [-0.2, -0.15) is 0 Å². The first-order chi connectivity index (χ1) is 9.49. The second-order valence-corrected chi connectivity index (χ2v) is 5.45. The molecular formula is C14H20N2O4.